The third-order valence-electron chi connectivity index (χ3n) is 3.18. The topological polar surface area (TPSA) is 12.0 Å². The van der Waals surface area contributed by atoms with Gasteiger partial charge in [0, 0.05) is 5.38 Å². The van der Waals surface area contributed by atoms with Crippen molar-refractivity contribution in [3.05, 3.63) is 0 Å². The van der Waals surface area contributed by atoms with Gasteiger partial charge in [-0.05, 0) is 38.3 Å². The van der Waals surface area contributed by atoms with Crippen LogP contribution in [-0.4, -0.2) is 18.5 Å². The van der Waals surface area contributed by atoms with Gasteiger partial charge in [-0.2, -0.15) is 0 Å². The highest BCUT2D eigenvalue weighted by Gasteiger charge is 2.24. The molecule has 0 aromatic carbocycles. The van der Waals surface area contributed by atoms with Crippen molar-refractivity contribution in [3.8, 4) is 0 Å². The van der Waals surface area contributed by atoms with E-state index in [0.29, 0.717) is 5.38 Å². The molecular weight excluding hydrogens is 194 g/mol. The van der Waals surface area contributed by atoms with Gasteiger partial charge in [0.2, 0.25) is 0 Å². The molecule has 0 heterocycles. The second-order valence-electron chi connectivity index (χ2n) is 4.47. The lowest BCUT2D eigenvalue weighted by atomic mass is 10.1. The Labute approximate surface area is 93.6 Å². The third-order valence-corrected chi connectivity index (χ3v) is 3.75. The van der Waals surface area contributed by atoms with E-state index in [2.05, 4.69) is 12.2 Å². The fourth-order valence-electron chi connectivity index (χ4n) is 2.19. The second-order valence-corrected chi connectivity index (χ2v) is 5.03. The van der Waals surface area contributed by atoms with Gasteiger partial charge in [-0.1, -0.05) is 32.6 Å². The van der Waals surface area contributed by atoms with Crippen molar-refractivity contribution in [1.82, 2.24) is 5.32 Å². The Kier molecular flexibility index (Phi) is 6.63. The first-order chi connectivity index (χ1) is 6.84. The smallest absolute Gasteiger partial charge is 0.0376 e. The standard InChI is InChI=1S/C12H24ClN/c1-2-3-4-5-9-14-10-11-7-6-8-12(11)13/h11-12,14H,2-10H2,1H3. The molecule has 0 aromatic heterocycles. The summed E-state index contributed by atoms with van der Waals surface area (Å²) in [5.41, 5.74) is 0. The van der Waals surface area contributed by atoms with Gasteiger partial charge in [-0.25, -0.2) is 0 Å². The molecule has 0 amide bonds. The average molecular weight is 218 g/mol. The molecular formula is C12H24ClN. The Morgan fingerprint density at radius 1 is 1.21 bits per heavy atom. The molecule has 1 saturated carbocycles. The van der Waals surface area contributed by atoms with Crippen LogP contribution in [0.15, 0.2) is 0 Å². The maximum Gasteiger partial charge on any atom is 0.0376 e. The van der Waals surface area contributed by atoms with Crippen LogP contribution in [0.2, 0.25) is 0 Å². The summed E-state index contributed by atoms with van der Waals surface area (Å²) < 4.78 is 0. The van der Waals surface area contributed by atoms with Gasteiger partial charge in [0.1, 0.15) is 0 Å². The van der Waals surface area contributed by atoms with Crippen molar-refractivity contribution in [2.75, 3.05) is 13.1 Å². The van der Waals surface area contributed by atoms with Crippen LogP contribution in [0.3, 0.4) is 0 Å². The van der Waals surface area contributed by atoms with Crippen molar-refractivity contribution < 1.29 is 0 Å². The number of hydrogen-bond donors (Lipinski definition) is 1. The van der Waals surface area contributed by atoms with Crippen LogP contribution in [0, 0.1) is 5.92 Å². The summed E-state index contributed by atoms with van der Waals surface area (Å²) in [5.74, 6) is 0.739. The summed E-state index contributed by atoms with van der Waals surface area (Å²) in [6.07, 6.45) is 9.29. The molecule has 0 spiro atoms. The van der Waals surface area contributed by atoms with Crippen LogP contribution in [0.25, 0.3) is 0 Å². The number of hydrogen-bond acceptors (Lipinski definition) is 1. The van der Waals surface area contributed by atoms with Crippen LogP contribution < -0.4 is 5.32 Å². The highest BCUT2D eigenvalue weighted by atomic mass is 35.5. The maximum atomic E-state index is 6.20. The number of alkyl halides is 1. The van der Waals surface area contributed by atoms with E-state index in [1.54, 1.807) is 0 Å². The number of unbranched alkanes of at least 4 members (excludes halogenated alkanes) is 3. The van der Waals surface area contributed by atoms with Crippen LogP contribution in [0.1, 0.15) is 51.9 Å². The Morgan fingerprint density at radius 3 is 2.71 bits per heavy atom. The van der Waals surface area contributed by atoms with Gasteiger partial charge in [-0.15, -0.1) is 11.6 Å². The predicted molar refractivity (Wildman–Crippen MR) is 64.0 cm³/mol. The third kappa shape index (κ3) is 4.65. The summed E-state index contributed by atoms with van der Waals surface area (Å²) in [7, 11) is 0. The molecule has 1 aliphatic rings. The van der Waals surface area contributed by atoms with E-state index in [9.17, 15) is 0 Å². The van der Waals surface area contributed by atoms with E-state index in [4.69, 9.17) is 11.6 Å². The summed E-state index contributed by atoms with van der Waals surface area (Å²) in [6, 6.07) is 0. The van der Waals surface area contributed by atoms with E-state index in [1.165, 1.54) is 51.5 Å². The molecule has 2 atom stereocenters. The molecule has 0 aliphatic heterocycles. The van der Waals surface area contributed by atoms with E-state index < -0.39 is 0 Å². The summed E-state index contributed by atoms with van der Waals surface area (Å²) in [4.78, 5) is 0. The molecule has 1 fully saturated rings. The predicted octanol–water partition coefficient (Wildman–Crippen LogP) is 3.56. The summed E-state index contributed by atoms with van der Waals surface area (Å²) in [6.45, 7) is 4.57. The summed E-state index contributed by atoms with van der Waals surface area (Å²) in [5, 5.41) is 3.97. The molecule has 0 saturated heterocycles. The van der Waals surface area contributed by atoms with E-state index >= 15 is 0 Å². The average Bonchev–Trinajstić information content (AvgIpc) is 2.58. The van der Waals surface area contributed by atoms with Crippen molar-refractivity contribution >= 4 is 11.6 Å². The van der Waals surface area contributed by atoms with E-state index in [0.717, 1.165) is 12.5 Å². The fraction of sp³-hybridized carbons (Fsp3) is 1.00. The summed E-state index contributed by atoms with van der Waals surface area (Å²) >= 11 is 6.20. The number of nitrogens with one attached hydrogen (secondary N) is 1. The number of rotatable bonds is 7. The molecule has 14 heavy (non-hydrogen) atoms. The lowest BCUT2D eigenvalue weighted by Crippen LogP contribution is -2.26. The molecule has 0 aromatic rings. The van der Waals surface area contributed by atoms with Crippen molar-refractivity contribution in [1.29, 1.82) is 0 Å². The van der Waals surface area contributed by atoms with E-state index in [1.807, 2.05) is 0 Å². The molecule has 2 unspecified atom stereocenters. The second kappa shape index (κ2) is 7.53. The first-order valence-corrected chi connectivity index (χ1v) is 6.63. The van der Waals surface area contributed by atoms with Gasteiger partial charge in [0.25, 0.3) is 0 Å². The maximum absolute atomic E-state index is 6.20. The lowest BCUT2D eigenvalue weighted by Gasteiger charge is -2.14. The fourth-order valence-corrected chi connectivity index (χ4v) is 2.56. The zero-order valence-corrected chi connectivity index (χ0v) is 10.2. The van der Waals surface area contributed by atoms with Gasteiger partial charge in [-0.3, -0.25) is 0 Å². The van der Waals surface area contributed by atoms with E-state index in [-0.39, 0.29) is 0 Å². The van der Waals surface area contributed by atoms with Crippen molar-refractivity contribution in [2.45, 2.75) is 57.2 Å². The Hall–Kier alpha value is 0.250. The van der Waals surface area contributed by atoms with Crippen molar-refractivity contribution in [2.24, 2.45) is 5.92 Å². The minimum atomic E-state index is 0.443. The molecule has 2 heteroatoms. The first-order valence-electron chi connectivity index (χ1n) is 6.19. The minimum absolute atomic E-state index is 0.443. The van der Waals surface area contributed by atoms with Gasteiger partial charge in [0.15, 0.2) is 0 Å². The van der Waals surface area contributed by atoms with Crippen LogP contribution >= 0.6 is 11.6 Å². The van der Waals surface area contributed by atoms with Gasteiger partial charge < -0.3 is 5.32 Å². The highest BCUT2D eigenvalue weighted by Crippen LogP contribution is 2.29. The highest BCUT2D eigenvalue weighted by molar-refractivity contribution is 6.20. The Balaban J connectivity index is 1.88. The number of halogens is 1. The zero-order valence-electron chi connectivity index (χ0n) is 9.40. The monoisotopic (exact) mass is 217 g/mol. The van der Waals surface area contributed by atoms with Gasteiger partial charge >= 0.3 is 0 Å². The lowest BCUT2D eigenvalue weighted by molar-refractivity contribution is 0.483. The SMILES string of the molecule is CCCCCCNCC1CCCC1Cl. The van der Waals surface area contributed by atoms with Crippen LogP contribution in [0.5, 0.6) is 0 Å². The largest absolute Gasteiger partial charge is 0.316 e. The molecule has 1 aliphatic carbocycles. The molecule has 0 radical (unpaired) electrons. The molecule has 1 nitrogen and oxygen atoms in total. The van der Waals surface area contributed by atoms with Gasteiger partial charge in [0.05, 0.1) is 0 Å². The van der Waals surface area contributed by atoms with Crippen LogP contribution in [-0.2, 0) is 0 Å². The first kappa shape index (κ1) is 12.3. The molecule has 1 rings (SSSR count). The minimum Gasteiger partial charge on any atom is -0.316 e. The molecule has 84 valence electrons. The van der Waals surface area contributed by atoms with Crippen LogP contribution in [0.4, 0.5) is 0 Å². The normalized spacial score (nSPS) is 27.0. The quantitative estimate of drug-likeness (QED) is 0.508. The Morgan fingerprint density at radius 2 is 2.07 bits per heavy atom. The zero-order chi connectivity index (χ0) is 10.2. The van der Waals surface area contributed by atoms with Crippen molar-refractivity contribution in [3.63, 3.8) is 0 Å². The molecule has 0 bridgehead atoms. The molecule has 1 N–H and O–H groups in total. The Bertz CT molecular complexity index is 138.